The summed E-state index contributed by atoms with van der Waals surface area (Å²) in [6.07, 6.45) is 1.42. The average molecular weight is 341 g/mol. The van der Waals surface area contributed by atoms with Crippen LogP contribution in [0.2, 0.25) is 38.3 Å². The van der Waals surface area contributed by atoms with Crippen LogP contribution in [-0.4, -0.2) is 36.2 Å². The zero-order valence-electron chi connectivity index (χ0n) is 10.1. The number of alkyl halides is 1. The van der Waals surface area contributed by atoms with Crippen molar-refractivity contribution in [2.75, 3.05) is 11.0 Å². The summed E-state index contributed by atoms with van der Waals surface area (Å²) in [5, 5.41) is 0. The molecule has 0 saturated carbocycles. The Morgan fingerprint density at radius 1 is 1.14 bits per heavy atom. The molecule has 1 fully saturated rings. The molecule has 1 aliphatic heterocycles. The van der Waals surface area contributed by atoms with Gasteiger partial charge in [0.25, 0.3) is 0 Å². The van der Waals surface area contributed by atoms with Gasteiger partial charge in [0.2, 0.25) is 0 Å². The first-order valence-electron chi connectivity index (χ1n) is 5.51. The molecular weight excluding hydrogens is 317 g/mol. The van der Waals surface area contributed by atoms with Crippen LogP contribution in [-0.2, 0) is 0 Å². The molecule has 0 aromatic carbocycles. The Hall–Kier alpha value is 0.994. The molecule has 0 radical (unpaired) electrons. The van der Waals surface area contributed by atoms with Gasteiger partial charge in [-0.15, -0.1) is 20.7 Å². The lowest BCUT2D eigenvalue weighted by Crippen LogP contribution is -2.55. The quantitative estimate of drug-likeness (QED) is 0.327. The third kappa shape index (κ3) is 2.99. The average Bonchev–Trinajstić information content (AvgIpc) is 2.27. The van der Waals surface area contributed by atoms with Crippen molar-refractivity contribution in [2.45, 2.75) is 44.7 Å². The van der Waals surface area contributed by atoms with Crippen molar-refractivity contribution < 1.29 is 0 Å². The van der Waals surface area contributed by atoms with Gasteiger partial charge >= 0.3 is 0 Å². The lowest BCUT2D eigenvalue weighted by Gasteiger charge is -2.38. The van der Waals surface area contributed by atoms with Crippen LogP contribution in [0.1, 0.15) is 6.42 Å². The van der Waals surface area contributed by atoms with Gasteiger partial charge in [-0.1, -0.05) is 30.7 Å². The van der Waals surface area contributed by atoms with Crippen molar-refractivity contribution in [1.29, 1.82) is 0 Å². The minimum absolute atomic E-state index is 0.277. The SMILES string of the molecule is C=ICCCN1[Si](C)(C)CC[Si]1(C)C. The molecule has 1 rings (SSSR count). The van der Waals surface area contributed by atoms with Crippen LogP contribution >= 0.6 is 20.7 Å². The number of rotatable bonds is 4. The molecule has 14 heavy (non-hydrogen) atoms. The molecule has 0 N–H and O–H groups in total. The van der Waals surface area contributed by atoms with Gasteiger partial charge in [-0.3, -0.25) is 0 Å². The van der Waals surface area contributed by atoms with E-state index in [1.54, 1.807) is 12.1 Å². The second kappa shape index (κ2) is 4.88. The summed E-state index contributed by atoms with van der Waals surface area (Å²) in [5.41, 5.74) is 0. The second-order valence-corrected chi connectivity index (χ2v) is 17.4. The van der Waals surface area contributed by atoms with Gasteiger partial charge in [0.1, 0.15) is 16.5 Å². The van der Waals surface area contributed by atoms with E-state index in [-0.39, 0.29) is 20.7 Å². The molecule has 0 aromatic rings. The molecule has 84 valence electrons. The van der Waals surface area contributed by atoms with E-state index in [0.717, 1.165) is 0 Å². The standard InChI is InChI=1S/C10H24INSi2/c1-11-7-6-8-12-13(2,3)9-10-14(12,4)5/h1,6-10H2,2-5H3. The monoisotopic (exact) mass is 341 g/mol. The maximum absolute atomic E-state index is 4.04. The van der Waals surface area contributed by atoms with Gasteiger partial charge in [-0.25, -0.2) is 0 Å². The molecule has 0 aromatic heterocycles. The van der Waals surface area contributed by atoms with E-state index < -0.39 is 16.5 Å². The minimum Gasteiger partial charge on any atom is -0.345 e. The third-order valence-corrected chi connectivity index (χ3v) is 15.4. The van der Waals surface area contributed by atoms with E-state index in [9.17, 15) is 0 Å². The zero-order valence-corrected chi connectivity index (χ0v) is 14.2. The minimum atomic E-state index is -0.968. The Labute approximate surface area is 101 Å². The van der Waals surface area contributed by atoms with E-state index in [1.807, 2.05) is 0 Å². The van der Waals surface area contributed by atoms with Gasteiger partial charge in [0, 0.05) is 0 Å². The van der Waals surface area contributed by atoms with Crippen LogP contribution in [0.15, 0.2) is 0 Å². The molecular formula is C10H24INSi2. The summed E-state index contributed by atoms with van der Waals surface area (Å²) in [5.74, 6) is 0. The van der Waals surface area contributed by atoms with Gasteiger partial charge in [0.15, 0.2) is 0 Å². The molecule has 1 heterocycles. The molecule has 1 aliphatic rings. The molecule has 0 atom stereocenters. The van der Waals surface area contributed by atoms with Crippen LogP contribution in [0.3, 0.4) is 0 Å². The summed E-state index contributed by atoms with van der Waals surface area (Å²) >= 11 is 0.277. The Balaban J connectivity index is 2.57. The summed E-state index contributed by atoms with van der Waals surface area (Å²) < 4.78 is 8.44. The molecule has 1 nitrogen and oxygen atoms in total. The first-order valence-corrected chi connectivity index (χ1v) is 14.9. The van der Waals surface area contributed by atoms with Crippen molar-refractivity contribution in [2.24, 2.45) is 0 Å². The fourth-order valence-electron chi connectivity index (χ4n) is 2.62. The molecule has 0 aliphatic carbocycles. The Morgan fingerprint density at radius 2 is 1.64 bits per heavy atom. The highest BCUT2D eigenvalue weighted by Crippen LogP contribution is 2.36. The maximum atomic E-state index is 4.04. The highest BCUT2D eigenvalue weighted by Gasteiger charge is 2.46. The number of hydrogen-bond acceptors (Lipinski definition) is 1. The Bertz CT molecular complexity index is 200. The van der Waals surface area contributed by atoms with Crippen molar-refractivity contribution in [3.63, 3.8) is 0 Å². The van der Waals surface area contributed by atoms with Crippen molar-refractivity contribution in [3.8, 4) is 0 Å². The second-order valence-electron chi connectivity index (χ2n) is 5.51. The molecule has 0 bridgehead atoms. The number of hydrogen-bond donors (Lipinski definition) is 0. The van der Waals surface area contributed by atoms with Crippen LogP contribution in [0.4, 0.5) is 0 Å². The molecule has 0 unspecified atom stereocenters. The molecule has 0 amide bonds. The highest BCUT2D eigenvalue weighted by molar-refractivity contribution is 14.2. The van der Waals surface area contributed by atoms with E-state index in [0.29, 0.717) is 0 Å². The Morgan fingerprint density at radius 3 is 2.07 bits per heavy atom. The van der Waals surface area contributed by atoms with Crippen LogP contribution in [0.25, 0.3) is 0 Å². The number of nitrogens with zero attached hydrogens (tertiary/aromatic N) is 1. The summed E-state index contributed by atoms with van der Waals surface area (Å²) in [6.45, 7) is 11.7. The normalized spacial score (nSPS) is 25.4. The van der Waals surface area contributed by atoms with Gasteiger partial charge < -0.3 is 4.23 Å². The summed E-state index contributed by atoms with van der Waals surface area (Å²) in [7, 11) is -1.94. The topological polar surface area (TPSA) is 3.24 Å². The van der Waals surface area contributed by atoms with Crippen LogP contribution < -0.4 is 0 Å². The van der Waals surface area contributed by atoms with Crippen molar-refractivity contribution in [1.82, 2.24) is 4.23 Å². The van der Waals surface area contributed by atoms with E-state index >= 15 is 0 Å². The van der Waals surface area contributed by atoms with E-state index in [1.165, 1.54) is 17.4 Å². The van der Waals surface area contributed by atoms with Crippen LogP contribution in [0.5, 0.6) is 0 Å². The number of halogens is 1. The van der Waals surface area contributed by atoms with Crippen molar-refractivity contribution in [3.05, 3.63) is 0 Å². The van der Waals surface area contributed by atoms with Crippen molar-refractivity contribution >= 4 is 41.7 Å². The largest absolute Gasteiger partial charge is 0.345 e. The lowest BCUT2D eigenvalue weighted by atomic mass is 10.5. The fraction of sp³-hybridized carbons (Fsp3) is 0.900. The Kier molecular flexibility index (Phi) is 4.56. The predicted molar refractivity (Wildman–Crippen MR) is 81.9 cm³/mol. The third-order valence-electron chi connectivity index (χ3n) is 3.46. The van der Waals surface area contributed by atoms with Gasteiger partial charge in [-0.2, -0.15) is 0 Å². The van der Waals surface area contributed by atoms with E-state index in [2.05, 4.69) is 34.9 Å². The first-order chi connectivity index (χ1) is 6.40. The van der Waals surface area contributed by atoms with Crippen LogP contribution in [0, 0.1) is 0 Å². The predicted octanol–water partition coefficient (Wildman–Crippen LogP) is 3.51. The smallest absolute Gasteiger partial charge is 0.115 e. The van der Waals surface area contributed by atoms with Gasteiger partial charge in [0.05, 0.1) is 0 Å². The fourth-order valence-corrected chi connectivity index (χ4v) is 17.7. The summed E-state index contributed by atoms with van der Waals surface area (Å²) in [6, 6.07) is 3.09. The molecule has 1 saturated heterocycles. The molecule has 0 spiro atoms. The molecule has 4 heteroatoms. The maximum Gasteiger partial charge on any atom is 0.115 e. The zero-order chi connectivity index (χ0) is 10.8. The summed E-state index contributed by atoms with van der Waals surface area (Å²) in [4.78, 5) is 0. The lowest BCUT2D eigenvalue weighted by molar-refractivity contribution is 0.618. The highest BCUT2D eigenvalue weighted by atomic mass is 127. The van der Waals surface area contributed by atoms with E-state index in [4.69, 9.17) is 0 Å². The first kappa shape index (κ1) is 13.1. The van der Waals surface area contributed by atoms with Gasteiger partial charge in [-0.05, 0) is 29.5 Å².